The normalized spacial score (nSPS) is 14.1. The summed E-state index contributed by atoms with van der Waals surface area (Å²) in [6.45, 7) is 0.520. The van der Waals surface area contributed by atoms with E-state index in [2.05, 4.69) is 5.32 Å². The van der Waals surface area contributed by atoms with E-state index in [1.807, 2.05) is 36.4 Å². The first-order valence-electron chi connectivity index (χ1n) is 10.2. The number of carbonyl (C=O) groups excluding carboxylic acids is 3. The molecule has 0 saturated carbocycles. The summed E-state index contributed by atoms with van der Waals surface area (Å²) in [6, 6.07) is 25.2. The smallest absolute Gasteiger partial charge is 0.419 e. The molecule has 1 fully saturated rings. The molecule has 0 radical (unpaired) electrons. The van der Waals surface area contributed by atoms with E-state index in [4.69, 9.17) is 9.47 Å². The Morgan fingerprint density at radius 1 is 0.879 bits per heavy atom. The van der Waals surface area contributed by atoms with Crippen molar-refractivity contribution < 1.29 is 23.9 Å². The number of nitrogens with one attached hydrogen (secondary N) is 1. The Kier molecular flexibility index (Phi) is 7.06. The molecule has 0 bridgehead atoms. The van der Waals surface area contributed by atoms with Gasteiger partial charge < -0.3 is 9.47 Å². The molecule has 0 aromatic heterocycles. The van der Waals surface area contributed by atoms with Crippen LogP contribution >= 0.6 is 11.8 Å². The third kappa shape index (κ3) is 6.02. The van der Waals surface area contributed by atoms with Crippen molar-refractivity contribution in [3.8, 4) is 11.5 Å². The summed E-state index contributed by atoms with van der Waals surface area (Å²) in [5.74, 6) is 0.680. The predicted octanol–water partition coefficient (Wildman–Crippen LogP) is 5.09. The van der Waals surface area contributed by atoms with Crippen molar-refractivity contribution in [3.63, 3.8) is 0 Å². The number of hydrogen-bond acceptors (Lipinski definition) is 6. The molecule has 4 rings (SSSR count). The highest BCUT2D eigenvalue weighted by Crippen LogP contribution is 2.26. The van der Waals surface area contributed by atoms with Crippen LogP contribution in [0.3, 0.4) is 0 Å². The summed E-state index contributed by atoms with van der Waals surface area (Å²) in [4.78, 5) is 37.6. The van der Waals surface area contributed by atoms with E-state index >= 15 is 0 Å². The topological polar surface area (TPSA) is 84.9 Å². The van der Waals surface area contributed by atoms with Gasteiger partial charge in [-0.3, -0.25) is 19.8 Å². The molecule has 33 heavy (non-hydrogen) atoms. The second-order valence-electron chi connectivity index (χ2n) is 6.94. The molecular formula is C25H20N2O5S. The average Bonchev–Trinajstić information content (AvgIpc) is 3.15. The Morgan fingerprint density at radius 3 is 2.18 bits per heavy atom. The molecule has 166 valence electrons. The van der Waals surface area contributed by atoms with E-state index in [9.17, 15) is 14.4 Å². The van der Waals surface area contributed by atoms with Crippen molar-refractivity contribution >= 4 is 40.8 Å². The number of amides is 3. The van der Waals surface area contributed by atoms with Gasteiger partial charge in [0.15, 0.2) is 0 Å². The van der Waals surface area contributed by atoms with Gasteiger partial charge in [0.2, 0.25) is 0 Å². The molecule has 1 N–H and O–H groups in total. The van der Waals surface area contributed by atoms with Crippen molar-refractivity contribution in [1.82, 2.24) is 5.32 Å². The first kappa shape index (κ1) is 22.2. The molecule has 1 aliphatic rings. The Bertz CT molecular complexity index is 1160. The lowest BCUT2D eigenvalue weighted by atomic mass is 10.2. The predicted molar refractivity (Wildman–Crippen MR) is 127 cm³/mol. The minimum Gasteiger partial charge on any atom is -0.492 e. The van der Waals surface area contributed by atoms with Crippen LogP contribution in [0.15, 0.2) is 89.8 Å². The summed E-state index contributed by atoms with van der Waals surface area (Å²) in [6.07, 6.45) is 1.14. The molecule has 8 heteroatoms. The standard InChI is InChI=1S/C25H20N2O5S/c28-23-22(33-24(29)26-23)17-18-11-13-20(14-12-18)31-16-15-27(19-7-3-1-4-8-19)25(30)32-21-9-5-2-6-10-21/h1-14,17H,15-16H2,(H,26,28,29)/b22-17+. The fourth-order valence-corrected chi connectivity index (χ4v) is 3.75. The van der Waals surface area contributed by atoms with E-state index in [0.717, 1.165) is 17.3 Å². The lowest BCUT2D eigenvalue weighted by Crippen LogP contribution is -2.36. The fraction of sp³-hybridized carbons (Fsp3) is 0.0800. The highest BCUT2D eigenvalue weighted by molar-refractivity contribution is 8.18. The molecule has 0 unspecified atom stereocenters. The zero-order chi connectivity index (χ0) is 23.0. The van der Waals surface area contributed by atoms with Gasteiger partial charge in [-0.25, -0.2) is 4.79 Å². The number of para-hydroxylation sites is 2. The van der Waals surface area contributed by atoms with Gasteiger partial charge in [0, 0.05) is 5.69 Å². The van der Waals surface area contributed by atoms with Gasteiger partial charge in [-0.15, -0.1) is 0 Å². The van der Waals surface area contributed by atoms with Crippen molar-refractivity contribution in [1.29, 1.82) is 0 Å². The van der Waals surface area contributed by atoms with Crippen LogP contribution in [0, 0.1) is 0 Å². The number of nitrogens with zero attached hydrogens (tertiary/aromatic N) is 1. The summed E-state index contributed by atoms with van der Waals surface area (Å²) in [7, 11) is 0. The maximum absolute atomic E-state index is 12.8. The second kappa shape index (κ2) is 10.5. The molecule has 0 atom stereocenters. The largest absolute Gasteiger partial charge is 0.492 e. The fourth-order valence-electron chi connectivity index (χ4n) is 3.07. The Hall–Kier alpha value is -4.04. The number of thioether (sulfide) groups is 1. The number of carbonyl (C=O) groups is 3. The second-order valence-corrected chi connectivity index (χ2v) is 7.95. The number of anilines is 1. The summed E-state index contributed by atoms with van der Waals surface area (Å²) >= 11 is 0.872. The van der Waals surface area contributed by atoms with Gasteiger partial charge in [-0.2, -0.15) is 0 Å². The van der Waals surface area contributed by atoms with E-state index in [1.165, 1.54) is 4.90 Å². The van der Waals surface area contributed by atoms with Gasteiger partial charge in [0.05, 0.1) is 11.4 Å². The number of benzene rings is 3. The van der Waals surface area contributed by atoms with E-state index in [1.54, 1.807) is 54.6 Å². The van der Waals surface area contributed by atoms with Crippen LogP contribution in [-0.2, 0) is 4.79 Å². The summed E-state index contributed by atoms with van der Waals surface area (Å²) < 4.78 is 11.3. The molecule has 0 aliphatic carbocycles. The molecule has 1 saturated heterocycles. The zero-order valence-electron chi connectivity index (χ0n) is 17.5. The molecular weight excluding hydrogens is 440 g/mol. The van der Waals surface area contributed by atoms with Crippen molar-refractivity contribution in [3.05, 3.63) is 95.4 Å². The lowest BCUT2D eigenvalue weighted by molar-refractivity contribution is -0.115. The summed E-state index contributed by atoms with van der Waals surface area (Å²) in [5.41, 5.74) is 1.47. The van der Waals surface area contributed by atoms with Gasteiger partial charge in [-0.1, -0.05) is 48.5 Å². The number of imide groups is 1. The van der Waals surface area contributed by atoms with Crippen LogP contribution in [0.1, 0.15) is 5.56 Å². The van der Waals surface area contributed by atoms with Crippen LogP contribution in [-0.4, -0.2) is 30.4 Å². The maximum atomic E-state index is 12.8. The van der Waals surface area contributed by atoms with Gasteiger partial charge >= 0.3 is 6.09 Å². The summed E-state index contributed by atoms with van der Waals surface area (Å²) in [5, 5.41) is 1.85. The quantitative estimate of drug-likeness (QED) is 0.494. The number of ether oxygens (including phenoxy) is 2. The Labute approximate surface area is 195 Å². The van der Waals surface area contributed by atoms with Crippen molar-refractivity contribution in [2.45, 2.75) is 0 Å². The SMILES string of the molecule is O=C1NC(=O)/C(=C\c2ccc(OCCN(C(=O)Oc3ccccc3)c3ccccc3)cc2)S1. The highest BCUT2D eigenvalue weighted by atomic mass is 32.2. The van der Waals surface area contributed by atoms with E-state index in [0.29, 0.717) is 22.1 Å². The first-order chi connectivity index (χ1) is 16.1. The minimum atomic E-state index is -0.500. The van der Waals surface area contributed by atoms with Crippen LogP contribution in [0.4, 0.5) is 15.3 Å². The third-order valence-corrected chi connectivity index (χ3v) is 5.45. The zero-order valence-corrected chi connectivity index (χ0v) is 18.3. The third-order valence-electron chi connectivity index (χ3n) is 4.64. The van der Waals surface area contributed by atoms with Crippen LogP contribution in [0.25, 0.3) is 6.08 Å². The van der Waals surface area contributed by atoms with Gasteiger partial charge in [0.25, 0.3) is 11.1 Å². The average molecular weight is 461 g/mol. The molecule has 3 amide bonds. The Balaban J connectivity index is 1.38. The van der Waals surface area contributed by atoms with Gasteiger partial charge in [0.1, 0.15) is 18.1 Å². The van der Waals surface area contributed by atoms with Crippen molar-refractivity contribution in [2.75, 3.05) is 18.1 Å². The van der Waals surface area contributed by atoms with E-state index in [-0.39, 0.29) is 18.4 Å². The first-order valence-corrected chi connectivity index (χ1v) is 11.0. The molecule has 3 aromatic carbocycles. The lowest BCUT2D eigenvalue weighted by Gasteiger charge is -2.22. The number of hydrogen-bond donors (Lipinski definition) is 1. The van der Waals surface area contributed by atoms with Crippen molar-refractivity contribution in [2.24, 2.45) is 0 Å². The monoisotopic (exact) mass is 460 g/mol. The molecule has 1 heterocycles. The van der Waals surface area contributed by atoms with Crippen LogP contribution in [0.2, 0.25) is 0 Å². The molecule has 1 aliphatic heterocycles. The maximum Gasteiger partial charge on any atom is 0.419 e. The minimum absolute atomic E-state index is 0.242. The molecule has 0 spiro atoms. The van der Waals surface area contributed by atoms with Gasteiger partial charge in [-0.05, 0) is 59.8 Å². The molecule has 7 nitrogen and oxygen atoms in total. The molecule has 3 aromatic rings. The van der Waals surface area contributed by atoms with E-state index < -0.39 is 12.0 Å². The number of rotatable bonds is 7. The Morgan fingerprint density at radius 2 is 1.55 bits per heavy atom. The highest BCUT2D eigenvalue weighted by Gasteiger charge is 2.24. The van der Waals surface area contributed by atoms with Crippen LogP contribution < -0.4 is 19.7 Å². The van der Waals surface area contributed by atoms with Crippen LogP contribution in [0.5, 0.6) is 11.5 Å².